The van der Waals surface area contributed by atoms with Crippen LogP contribution in [0.25, 0.3) is 0 Å². The molecule has 1 aromatic heterocycles. The Morgan fingerprint density at radius 1 is 1.35 bits per heavy atom. The van der Waals surface area contributed by atoms with E-state index in [1.807, 2.05) is 23.9 Å². The number of thiocarbonyl (C=S) groups is 1. The molecule has 0 N–H and O–H groups in total. The quantitative estimate of drug-likeness (QED) is 0.500. The first kappa shape index (κ1) is 15.1. The first-order valence-electron chi connectivity index (χ1n) is 6.68. The van der Waals surface area contributed by atoms with Crippen molar-refractivity contribution >= 4 is 29.2 Å². The second-order valence-electron chi connectivity index (χ2n) is 4.86. The molecule has 2 aromatic rings. The topological polar surface area (TPSA) is 12.0 Å². The van der Waals surface area contributed by atoms with Crippen molar-refractivity contribution in [1.82, 2.24) is 9.47 Å². The summed E-state index contributed by atoms with van der Waals surface area (Å²) in [4.78, 5) is 2.14. The fraction of sp³-hybridized carbons (Fsp3) is 0.333. The Balaban J connectivity index is 1.85. The van der Waals surface area contributed by atoms with Crippen LogP contribution in [0.5, 0.6) is 0 Å². The van der Waals surface area contributed by atoms with Gasteiger partial charge < -0.3 is 4.90 Å². The van der Waals surface area contributed by atoms with Gasteiger partial charge in [-0.3, -0.25) is 0 Å². The number of aromatic nitrogens is 2. The van der Waals surface area contributed by atoms with Crippen LogP contribution in [0.4, 0.5) is 0 Å². The SMILES string of the molecule is C[n+]1ccn(CCCN(Cc2ccccc2)C(=S)S)c1. The zero-order valence-corrected chi connectivity index (χ0v) is 13.4. The summed E-state index contributed by atoms with van der Waals surface area (Å²) in [5.74, 6) is 0. The van der Waals surface area contributed by atoms with E-state index in [9.17, 15) is 0 Å². The van der Waals surface area contributed by atoms with Crippen molar-refractivity contribution in [1.29, 1.82) is 0 Å². The molecule has 0 amide bonds. The largest absolute Gasteiger partial charge is 0.353 e. The minimum atomic E-state index is 0.659. The first-order chi connectivity index (χ1) is 9.65. The van der Waals surface area contributed by atoms with Crippen LogP contribution >= 0.6 is 24.8 Å². The molecule has 0 saturated carbocycles. The summed E-state index contributed by atoms with van der Waals surface area (Å²) in [6.07, 6.45) is 7.26. The minimum absolute atomic E-state index is 0.659. The molecule has 0 unspecified atom stereocenters. The van der Waals surface area contributed by atoms with Gasteiger partial charge in [-0.15, -0.1) is 12.6 Å². The van der Waals surface area contributed by atoms with E-state index in [2.05, 4.69) is 58.9 Å². The molecular weight excluding hydrogens is 286 g/mol. The first-order valence-corrected chi connectivity index (χ1v) is 7.53. The Labute approximate surface area is 131 Å². The number of benzene rings is 1. The van der Waals surface area contributed by atoms with Gasteiger partial charge in [0, 0.05) is 19.5 Å². The van der Waals surface area contributed by atoms with E-state index in [4.69, 9.17) is 12.2 Å². The van der Waals surface area contributed by atoms with E-state index < -0.39 is 0 Å². The lowest BCUT2D eigenvalue weighted by Crippen LogP contribution is -2.27. The highest BCUT2D eigenvalue weighted by atomic mass is 32.1. The molecule has 0 bridgehead atoms. The van der Waals surface area contributed by atoms with E-state index in [1.54, 1.807) is 0 Å². The van der Waals surface area contributed by atoms with Crippen molar-refractivity contribution in [2.75, 3.05) is 6.54 Å². The standard InChI is InChI=1S/C15H19N3S2/c1-16-10-11-17(13-16)8-5-9-18(15(19)20)12-14-6-3-2-4-7-14/h2-4,6-7,10-11,13H,5,8-9,12H2,1H3/p+1. The maximum Gasteiger partial charge on any atom is 0.243 e. The second-order valence-corrected chi connectivity index (χ2v) is 5.97. The number of rotatable bonds is 6. The Bertz CT molecular complexity index is 551. The zero-order valence-electron chi connectivity index (χ0n) is 11.6. The molecule has 2 rings (SSSR count). The van der Waals surface area contributed by atoms with E-state index >= 15 is 0 Å². The average Bonchev–Trinajstić information content (AvgIpc) is 2.84. The molecule has 0 aliphatic heterocycles. The molecule has 5 heteroatoms. The highest BCUT2D eigenvalue weighted by molar-refractivity contribution is 8.10. The van der Waals surface area contributed by atoms with Crippen LogP contribution in [0, 0.1) is 0 Å². The van der Waals surface area contributed by atoms with Crippen molar-refractivity contribution in [3.05, 3.63) is 54.6 Å². The van der Waals surface area contributed by atoms with Crippen molar-refractivity contribution < 1.29 is 4.57 Å². The smallest absolute Gasteiger partial charge is 0.243 e. The Kier molecular flexibility index (Phi) is 5.61. The molecule has 1 heterocycles. The highest BCUT2D eigenvalue weighted by Crippen LogP contribution is 2.08. The predicted molar refractivity (Wildman–Crippen MR) is 88.7 cm³/mol. The third kappa shape index (κ3) is 4.65. The van der Waals surface area contributed by atoms with E-state index in [1.165, 1.54) is 5.56 Å². The number of aryl methyl sites for hydroxylation is 2. The zero-order chi connectivity index (χ0) is 14.4. The second kappa shape index (κ2) is 7.45. The molecule has 20 heavy (non-hydrogen) atoms. The van der Waals surface area contributed by atoms with Crippen LogP contribution in [0.2, 0.25) is 0 Å². The van der Waals surface area contributed by atoms with Crippen LogP contribution in [0.1, 0.15) is 12.0 Å². The summed E-state index contributed by atoms with van der Waals surface area (Å²) in [5, 5.41) is 0. The number of thiol groups is 1. The van der Waals surface area contributed by atoms with Gasteiger partial charge in [0.15, 0.2) is 0 Å². The average molecular weight is 306 g/mol. The van der Waals surface area contributed by atoms with Gasteiger partial charge in [0.05, 0.1) is 13.6 Å². The van der Waals surface area contributed by atoms with Crippen LogP contribution in [0.3, 0.4) is 0 Å². The van der Waals surface area contributed by atoms with Crippen molar-refractivity contribution in [3.63, 3.8) is 0 Å². The fourth-order valence-electron chi connectivity index (χ4n) is 2.12. The minimum Gasteiger partial charge on any atom is -0.353 e. The molecule has 0 aliphatic rings. The van der Waals surface area contributed by atoms with Gasteiger partial charge in [-0.2, -0.15) is 0 Å². The molecule has 1 aromatic carbocycles. The van der Waals surface area contributed by atoms with Crippen LogP contribution in [-0.4, -0.2) is 20.3 Å². The molecule has 0 spiro atoms. The lowest BCUT2D eigenvalue weighted by atomic mass is 10.2. The molecule has 0 radical (unpaired) electrons. The third-order valence-corrected chi connectivity index (χ3v) is 3.70. The molecule has 0 atom stereocenters. The number of nitrogens with zero attached hydrogens (tertiary/aromatic N) is 3. The third-order valence-electron chi connectivity index (χ3n) is 3.15. The fourth-order valence-corrected chi connectivity index (χ4v) is 2.45. The molecule has 0 saturated heterocycles. The monoisotopic (exact) mass is 306 g/mol. The van der Waals surface area contributed by atoms with Crippen LogP contribution in [0.15, 0.2) is 49.1 Å². The van der Waals surface area contributed by atoms with Crippen molar-refractivity contribution in [2.24, 2.45) is 7.05 Å². The Morgan fingerprint density at radius 2 is 2.10 bits per heavy atom. The maximum absolute atomic E-state index is 5.23. The van der Waals surface area contributed by atoms with Gasteiger partial charge in [-0.1, -0.05) is 42.5 Å². The summed E-state index contributed by atoms with van der Waals surface area (Å²) >= 11 is 9.56. The maximum atomic E-state index is 5.23. The van der Waals surface area contributed by atoms with Crippen molar-refractivity contribution in [2.45, 2.75) is 19.5 Å². The van der Waals surface area contributed by atoms with Gasteiger partial charge >= 0.3 is 0 Å². The highest BCUT2D eigenvalue weighted by Gasteiger charge is 2.08. The molecule has 3 nitrogen and oxygen atoms in total. The summed E-state index contributed by atoms with van der Waals surface area (Å²) in [6.45, 7) is 2.73. The van der Waals surface area contributed by atoms with Crippen molar-refractivity contribution in [3.8, 4) is 0 Å². The van der Waals surface area contributed by atoms with Crippen LogP contribution < -0.4 is 4.57 Å². The van der Waals surface area contributed by atoms with E-state index in [0.717, 1.165) is 26.1 Å². The predicted octanol–water partition coefficient (Wildman–Crippen LogP) is 2.42. The number of imidazole rings is 1. The summed E-state index contributed by atoms with van der Waals surface area (Å²) in [6, 6.07) is 10.4. The van der Waals surface area contributed by atoms with E-state index in [0.29, 0.717) is 4.32 Å². The van der Waals surface area contributed by atoms with Gasteiger partial charge in [0.2, 0.25) is 6.33 Å². The molecule has 106 valence electrons. The van der Waals surface area contributed by atoms with E-state index in [-0.39, 0.29) is 0 Å². The van der Waals surface area contributed by atoms with Gasteiger partial charge in [0.1, 0.15) is 16.7 Å². The normalized spacial score (nSPS) is 10.5. The number of hydrogen-bond acceptors (Lipinski definition) is 1. The molecular formula is C15H20N3S2+. The van der Waals surface area contributed by atoms with Gasteiger partial charge in [-0.05, 0) is 5.56 Å². The van der Waals surface area contributed by atoms with Gasteiger partial charge in [-0.25, -0.2) is 9.13 Å². The molecule has 0 aliphatic carbocycles. The lowest BCUT2D eigenvalue weighted by Gasteiger charge is -2.22. The van der Waals surface area contributed by atoms with Gasteiger partial charge in [0.25, 0.3) is 0 Å². The number of hydrogen-bond donors (Lipinski definition) is 1. The molecule has 0 fully saturated rings. The lowest BCUT2D eigenvalue weighted by molar-refractivity contribution is -0.671. The Morgan fingerprint density at radius 3 is 2.70 bits per heavy atom. The Hall–Kier alpha value is -1.33. The summed E-state index contributed by atoms with van der Waals surface area (Å²) in [5.41, 5.74) is 1.26. The summed E-state index contributed by atoms with van der Waals surface area (Å²) < 4.78 is 4.89. The van der Waals surface area contributed by atoms with Crippen LogP contribution in [-0.2, 0) is 20.1 Å². The summed E-state index contributed by atoms with van der Waals surface area (Å²) in [7, 11) is 2.03.